The average Bonchev–Trinajstić information content (AvgIpc) is 2.79. The number of carbonyl (C=O) groups is 1. The van der Waals surface area contributed by atoms with E-state index in [9.17, 15) is 4.79 Å². The van der Waals surface area contributed by atoms with Crippen LogP contribution in [0.15, 0.2) is 60.7 Å². The number of piperidine rings is 1. The first kappa shape index (κ1) is 20.1. The first-order valence-electron chi connectivity index (χ1n) is 10.6. The van der Waals surface area contributed by atoms with Crippen LogP contribution in [-0.4, -0.2) is 29.2 Å². The Morgan fingerprint density at radius 3 is 2.57 bits per heavy atom. The molecule has 0 spiro atoms. The van der Waals surface area contributed by atoms with Crippen LogP contribution in [0.25, 0.3) is 11.3 Å². The Morgan fingerprint density at radius 2 is 1.83 bits per heavy atom. The minimum atomic E-state index is -0.0265. The molecule has 1 amide bonds. The van der Waals surface area contributed by atoms with Gasteiger partial charge >= 0.3 is 0 Å². The van der Waals surface area contributed by atoms with E-state index in [1.165, 1.54) is 11.1 Å². The molecule has 2 heterocycles. The molecular weight excluding hydrogens is 372 g/mol. The third-order valence-electron chi connectivity index (χ3n) is 5.83. The molecule has 5 nitrogen and oxygen atoms in total. The Morgan fingerprint density at radius 1 is 1.03 bits per heavy atom. The van der Waals surface area contributed by atoms with Crippen LogP contribution in [0.2, 0.25) is 0 Å². The highest BCUT2D eigenvalue weighted by atomic mass is 16.1. The van der Waals surface area contributed by atoms with Crippen LogP contribution in [0.4, 0.5) is 5.82 Å². The van der Waals surface area contributed by atoms with Crippen molar-refractivity contribution in [1.82, 2.24) is 15.5 Å². The molecule has 1 fully saturated rings. The minimum absolute atomic E-state index is 0.0265. The summed E-state index contributed by atoms with van der Waals surface area (Å²) in [6, 6.07) is 20.5. The lowest BCUT2D eigenvalue weighted by Gasteiger charge is -2.32. The van der Waals surface area contributed by atoms with Crippen molar-refractivity contribution in [2.24, 2.45) is 5.92 Å². The quantitative estimate of drug-likeness (QED) is 0.694. The van der Waals surface area contributed by atoms with Crippen molar-refractivity contribution >= 4 is 11.7 Å². The Hall–Kier alpha value is -3.21. The van der Waals surface area contributed by atoms with Crippen molar-refractivity contribution in [3.05, 3.63) is 77.4 Å². The lowest BCUT2D eigenvalue weighted by molar-refractivity contribution is -0.125. The molecule has 5 heteroatoms. The maximum Gasteiger partial charge on any atom is 0.225 e. The molecule has 2 aromatic carbocycles. The SMILES string of the molecule is Cc1ccc(-c2ccc(N3CCCC(C(=O)NCc4ccccc4C)C3)nn2)cc1. The van der Waals surface area contributed by atoms with Crippen LogP contribution in [0.3, 0.4) is 0 Å². The lowest BCUT2D eigenvalue weighted by Crippen LogP contribution is -2.43. The largest absolute Gasteiger partial charge is 0.354 e. The Kier molecular flexibility index (Phi) is 6.07. The van der Waals surface area contributed by atoms with Crippen molar-refractivity contribution in [2.75, 3.05) is 18.0 Å². The number of rotatable bonds is 5. The molecule has 1 N–H and O–H groups in total. The zero-order valence-electron chi connectivity index (χ0n) is 17.6. The molecule has 1 saturated heterocycles. The molecule has 1 aliphatic rings. The van der Waals surface area contributed by atoms with E-state index in [1.54, 1.807) is 0 Å². The summed E-state index contributed by atoms with van der Waals surface area (Å²) < 4.78 is 0. The number of nitrogens with zero attached hydrogens (tertiary/aromatic N) is 3. The van der Waals surface area contributed by atoms with Crippen molar-refractivity contribution in [2.45, 2.75) is 33.2 Å². The summed E-state index contributed by atoms with van der Waals surface area (Å²) in [5, 5.41) is 12.0. The van der Waals surface area contributed by atoms with Gasteiger partial charge in [-0.2, -0.15) is 0 Å². The molecule has 0 radical (unpaired) electrons. The monoisotopic (exact) mass is 400 g/mol. The van der Waals surface area contributed by atoms with Gasteiger partial charge in [0, 0.05) is 25.2 Å². The number of amides is 1. The highest BCUT2D eigenvalue weighted by Crippen LogP contribution is 2.24. The summed E-state index contributed by atoms with van der Waals surface area (Å²) in [7, 11) is 0. The van der Waals surface area contributed by atoms with E-state index in [0.717, 1.165) is 42.0 Å². The van der Waals surface area contributed by atoms with Gasteiger partial charge in [-0.15, -0.1) is 10.2 Å². The van der Waals surface area contributed by atoms with E-state index < -0.39 is 0 Å². The number of anilines is 1. The van der Waals surface area contributed by atoms with E-state index in [0.29, 0.717) is 13.1 Å². The molecule has 0 aliphatic carbocycles. The number of hydrogen-bond acceptors (Lipinski definition) is 4. The minimum Gasteiger partial charge on any atom is -0.354 e. The van der Waals surface area contributed by atoms with Crippen LogP contribution in [0.5, 0.6) is 0 Å². The summed E-state index contributed by atoms with van der Waals surface area (Å²) >= 11 is 0. The number of aromatic nitrogens is 2. The Balaban J connectivity index is 1.38. The van der Waals surface area contributed by atoms with Gasteiger partial charge in [0.25, 0.3) is 0 Å². The Bertz CT molecular complexity index is 998. The van der Waals surface area contributed by atoms with Crippen molar-refractivity contribution in [3.63, 3.8) is 0 Å². The maximum absolute atomic E-state index is 12.8. The second-order valence-corrected chi connectivity index (χ2v) is 8.07. The fourth-order valence-corrected chi connectivity index (χ4v) is 3.91. The zero-order valence-corrected chi connectivity index (χ0v) is 17.6. The van der Waals surface area contributed by atoms with Gasteiger partial charge in [-0.25, -0.2) is 0 Å². The summed E-state index contributed by atoms with van der Waals surface area (Å²) in [6.07, 6.45) is 1.88. The van der Waals surface area contributed by atoms with Gasteiger partial charge in [-0.1, -0.05) is 54.1 Å². The fraction of sp³-hybridized carbons (Fsp3) is 0.320. The molecule has 0 bridgehead atoms. The molecule has 30 heavy (non-hydrogen) atoms. The Labute approximate surface area is 178 Å². The van der Waals surface area contributed by atoms with Gasteiger partial charge in [0.2, 0.25) is 5.91 Å². The fourth-order valence-electron chi connectivity index (χ4n) is 3.91. The van der Waals surface area contributed by atoms with Crippen molar-refractivity contribution in [1.29, 1.82) is 0 Å². The molecule has 1 atom stereocenters. The third-order valence-corrected chi connectivity index (χ3v) is 5.83. The maximum atomic E-state index is 12.8. The molecule has 154 valence electrons. The molecular formula is C25H28N4O. The van der Waals surface area contributed by atoms with E-state index >= 15 is 0 Å². The van der Waals surface area contributed by atoms with Crippen molar-refractivity contribution in [3.8, 4) is 11.3 Å². The summed E-state index contributed by atoms with van der Waals surface area (Å²) in [6.45, 7) is 6.30. The van der Waals surface area contributed by atoms with Crippen LogP contribution < -0.4 is 10.2 Å². The average molecular weight is 401 g/mol. The van der Waals surface area contributed by atoms with E-state index in [2.05, 4.69) is 70.7 Å². The van der Waals surface area contributed by atoms with Crippen molar-refractivity contribution < 1.29 is 4.79 Å². The van der Waals surface area contributed by atoms with E-state index in [-0.39, 0.29) is 11.8 Å². The highest BCUT2D eigenvalue weighted by Gasteiger charge is 2.26. The van der Waals surface area contributed by atoms with Gasteiger partial charge in [-0.3, -0.25) is 4.79 Å². The summed E-state index contributed by atoms with van der Waals surface area (Å²) in [5.74, 6) is 0.927. The molecule has 1 unspecified atom stereocenters. The standard InChI is InChI=1S/C25H28N4O/c1-18-9-11-20(12-10-18)23-13-14-24(28-27-23)29-15-5-8-22(17-29)25(30)26-16-21-7-4-3-6-19(21)2/h3-4,6-7,9-14,22H,5,8,15-17H2,1-2H3,(H,26,30). The van der Waals surface area contributed by atoms with E-state index in [1.807, 2.05) is 24.3 Å². The number of carbonyl (C=O) groups excluding carboxylic acids is 1. The van der Waals surface area contributed by atoms with Crippen LogP contribution in [0, 0.1) is 19.8 Å². The zero-order chi connectivity index (χ0) is 20.9. The van der Waals surface area contributed by atoms with Crippen LogP contribution in [0.1, 0.15) is 29.5 Å². The topological polar surface area (TPSA) is 58.1 Å². The number of nitrogens with one attached hydrogen (secondary N) is 1. The molecule has 4 rings (SSSR count). The first-order valence-corrected chi connectivity index (χ1v) is 10.6. The highest BCUT2D eigenvalue weighted by molar-refractivity contribution is 5.79. The number of hydrogen-bond donors (Lipinski definition) is 1. The third kappa shape index (κ3) is 4.67. The van der Waals surface area contributed by atoms with Gasteiger partial charge in [0.1, 0.15) is 0 Å². The smallest absolute Gasteiger partial charge is 0.225 e. The molecule has 3 aromatic rings. The second-order valence-electron chi connectivity index (χ2n) is 8.07. The van der Waals surface area contributed by atoms with Gasteiger partial charge in [0.05, 0.1) is 11.6 Å². The van der Waals surface area contributed by atoms with E-state index in [4.69, 9.17) is 0 Å². The predicted molar refractivity (Wildman–Crippen MR) is 120 cm³/mol. The van der Waals surface area contributed by atoms with Gasteiger partial charge in [0.15, 0.2) is 5.82 Å². The van der Waals surface area contributed by atoms with Crippen LogP contribution in [-0.2, 0) is 11.3 Å². The van der Waals surface area contributed by atoms with Gasteiger partial charge in [-0.05, 0) is 49.9 Å². The van der Waals surface area contributed by atoms with Crippen LogP contribution >= 0.6 is 0 Å². The molecule has 1 aromatic heterocycles. The second kappa shape index (κ2) is 9.08. The number of aryl methyl sites for hydroxylation is 2. The molecule has 1 aliphatic heterocycles. The van der Waals surface area contributed by atoms with Gasteiger partial charge < -0.3 is 10.2 Å². The molecule has 0 saturated carbocycles. The predicted octanol–water partition coefficient (Wildman–Crippen LogP) is 4.29. The normalized spacial score (nSPS) is 16.3. The lowest BCUT2D eigenvalue weighted by atomic mass is 9.97. The number of benzene rings is 2. The first-order chi connectivity index (χ1) is 14.6. The summed E-state index contributed by atoms with van der Waals surface area (Å²) in [4.78, 5) is 14.9. The summed E-state index contributed by atoms with van der Waals surface area (Å²) in [5.41, 5.74) is 5.52.